The molecule has 0 spiro atoms. The molecule has 0 unspecified atom stereocenters. The average molecular weight is 164 g/mol. The van der Waals surface area contributed by atoms with Gasteiger partial charge in [0.1, 0.15) is 0 Å². The summed E-state index contributed by atoms with van der Waals surface area (Å²) < 4.78 is 4.84. The van der Waals surface area contributed by atoms with Crippen LogP contribution in [0.3, 0.4) is 0 Å². The number of aromatic nitrogens is 1. The topological polar surface area (TPSA) is 22.1 Å². The molecule has 0 aliphatic rings. The SMILES string of the molecule is [CH2]OCc1c(C)cc(C)nc1C. The van der Waals surface area contributed by atoms with Gasteiger partial charge in [-0.3, -0.25) is 4.98 Å². The fourth-order valence-electron chi connectivity index (χ4n) is 1.37. The summed E-state index contributed by atoms with van der Waals surface area (Å²) in [4.78, 5) is 4.35. The van der Waals surface area contributed by atoms with Crippen LogP contribution < -0.4 is 0 Å². The minimum atomic E-state index is 0.547. The van der Waals surface area contributed by atoms with E-state index in [0.29, 0.717) is 6.61 Å². The quantitative estimate of drug-likeness (QED) is 0.669. The van der Waals surface area contributed by atoms with Crippen molar-refractivity contribution in [2.75, 3.05) is 0 Å². The van der Waals surface area contributed by atoms with Gasteiger partial charge in [0.2, 0.25) is 0 Å². The second-order valence-corrected chi connectivity index (χ2v) is 2.99. The predicted molar refractivity (Wildman–Crippen MR) is 48.6 cm³/mol. The summed E-state index contributed by atoms with van der Waals surface area (Å²) in [6.45, 7) is 6.60. The highest BCUT2D eigenvalue weighted by Gasteiger charge is 2.03. The lowest BCUT2D eigenvalue weighted by molar-refractivity contribution is 0.227. The van der Waals surface area contributed by atoms with Crippen LogP contribution in [-0.4, -0.2) is 4.98 Å². The molecule has 0 saturated carbocycles. The van der Waals surface area contributed by atoms with Crippen molar-refractivity contribution in [3.63, 3.8) is 0 Å². The van der Waals surface area contributed by atoms with E-state index < -0.39 is 0 Å². The Hall–Kier alpha value is -0.890. The first-order valence-electron chi connectivity index (χ1n) is 3.96. The van der Waals surface area contributed by atoms with Crippen molar-refractivity contribution in [2.24, 2.45) is 0 Å². The molecular formula is C10H14NO. The first kappa shape index (κ1) is 9.20. The third-order valence-corrected chi connectivity index (χ3v) is 1.93. The van der Waals surface area contributed by atoms with Gasteiger partial charge in [0.15, 0.2) is 0 Å². The molecule has 1 aromatic rings. The van der Waals surface area contributed by atoms with E-state index in [1.165, 1.54) is 5.56 Å². The Morgan fingerprint density at radius 1 is 1.42 bits per heavy atom. The van der Waals surface area contributed by atoms with E-state index in [9.17, 15) is 0 Å². The zero-order valence-corrected chi connectivity index (χ0v) is 7.85. The van der Waals surface area contributed by atoms with Gasteiger partial charge in [0.05, 0.1) is 13.7 Å². The van der Waals surface area contributed by atoms with Crippen molar-refractivity contribution in [1.29, 1.82) is 0 Å². The van der Waals surface area contributed by atoms with Crippen molar-refractivity contribution < 1.29 is 4.74 Å². The fourth-order valence-corrected chi connectivity index (χ4v) is 1.37. The van der Waals surface area contributed by atoms with Crippen molar-refractivity contribution in [1.82, 2.24) is 4.98 Å². The van der Waals surface area contributed by atoms with E-state index in [4.69, 9.17) is 4.74 Å². The summed E-state index contributed by atoms with van der Waals surface area (Å²) >= 11 is 0. The third-order valence-electron chi connectivity index (χ3n) is 1.93. The van der Waals surface area contributed by atoms with E-state index in [1.807, 2.05) is 13.8 Å². The molecule has 0 amide bonds. The van der Waals surface area contributed by atoms with Gasteiger partial charge in [-0.2, -0.15) is 0 Å². The molecule has 0 saturated heterocycles. The molecule has 0 N–H and O–H groups in total. The van der Waals surface area contributed by atoms with Crippen LogP contribution in [0, 0.1) is 27.9 Å². The van der Waals surface area contributed by atoms with Crippen LogP contribution in [0.2, 0.25) is 0 Å². The molecule has 0 aromatic carbocycles. The van der Waals surface area contributed by atoms with Gasteiger partial charge >= 0.3 is 0 Å². The van der Waals surface area contributed by atoms with Crippen LogP contribution in [0.15, 0.2) is 6.07 Å². The Balaban J connectivity index is 3.10. The molecule has 1 radical (unpaired) electrons. The molecule has 1 heterocycles. The van der Waals surface area contributed by atoms with Crippen LogP contribution in [0.25, 0.3) is 0 Å². The summed E-state index contributed by atoms with van der Waals surface area (Å²) in [5.41, 5.74) is 4.47. The summed E-state index contributed by atoms with van der Waals surface area (Å²) in [6, 6.07) is 2.06. The number of nitrogens with zero attached hydrogens (tertiary/aromatic N) is 1. The predicted octanol–water partition coefficient (Wildman–Crippen LogP) is 2.32. The number of ether oxygens (including phenoxy) is 1. The Bertz CT molecular complexity index is 258. The lowest BCUT2D eigenvalue weighted by Gasteiger charge is -2.08. The van der Waals surface area contributed by atoms with Gasteiger partial charge < -0.3 is 4.74 Å². The van der Waals surface area contributed by atoms with Crippen LogP contribution in [0.4, 0.5) is 0 Å². The molecular weight excluding hydrogens is 150 g/mol. The van der Waals surface area contributed by atoms with Crippen molar-refractivity contribution in [2.45, 2.75) is 27.4 Å². The van der Waals surface area contributed by atoms with Gasteiger partial charge in [0, 0.05) is 17.0 Å². The molecule has 0 fully saturated rings. The summed E-state index contributed by atoms with van der Waals surface area (Å²) in [5, 5.41) is 0. The number of hydrogen-bond acceptors (Lipinski definition) is 2. The van der Waals surface area contributed by atoms with Crippen LogP contribution in [0.5, 0.6) is 0 Å². The first-order valence-corrected chi connectivity index (χ1v) is 3.96. The lowest BCUT2D eigenvalue weighted by Crippen LogP contribution is -1.99. The molecule has 0 bridgehead atoms. The lowest BCUT2D eigenvalue weighted by atomic mass is 10.1. The van der Waals surface area contributed by atoms with Gasteiger partial charge in [0.25, 0.3) is 0 Å². The van der Waals surface area contributed by atoms with Gasteiger partial charge in [-0.1, -0.05) is 0 Å². The zero-order chi connectivity index (χ0) is 9.14. The third kappa shape index (κ3) is 1.83. The maximum atomic E-state index is 4.84. The number of aryl methyl sites for hydroxylation is 3. The van der Waals surface area contributed by atoms with E-state index in [2.05, 4.69) is 25.1 Å². The summed E-state index contributed by atoms with van der Waals surface area (Å²) in [6.07, 6.45) is 0. The molecule has 65 valence electrons. The number of hydrogen-bond donors (Lipinski definition) is 0. The van der Waals surface area contributed by atoms with Crippen LogP contribution in [-0.2, 0) is 11.3 Å². The Labute approximate surface area is 73.6 Å². The van der Waals surface area contributed by atoms with Crippen molar-refractivity contribution in [3.8, 4) is 0 Å². The highest BCUT2D eigenvalue weighted by Crippen LogP contribution is 2.13. The van der Waals surface area contributed by atoms with Crippen molar-refractivity contribution in [3.05, 3.63) is 35.7 Å². The molecule has 2 nitrogen and oxygen atoms in total. The largest absolute Gasteiger partial charge is 0.374 e. The summed E-state index contributed by atoms with van der Waals surface area (Å²) in [5.74, 6) is 0. The van der Waals surface area contributed by atoms with Crippen molar-refractivity contribution >= 4 is 0 Å². The Morgan fingerprint density at radius 3 is 2.58 bits per heavy atom. The van der Waals surface area contributed by atoms with Gasteiger partial charge in [-0.15, -0.1) is 0 Å². The second kappa shape index (κ2) is 3.68. The smallest absolute Gasteiger partial charge is 0.0738 e. The molecule has 12 heavy (non-hydrogen) atoms. The van der Waals surface area contributed by atoms with Gasteiger partial charge in [-0.25, -0.2) is 0 Å². The van der Waals surface area contributed by atoms with Crippen LogP contribution in [0.1, 0.15) is 22.5 Å². The van der Waals surface area contributed by atoms with Crippen LogP contribution >= 0.6 is 0 Å². The average Bonchev–Trinajstić information content (AvgIpc) is 1.96. The Morgan fingerprint density at radius 2 is 2.08 bits per heavy atom. The molecule has 2 heteroatoms. The molecule has 0 atom stereocenters. The highest BCUT2D eigenvalue weighted by atomic mass is 16.5. The van der Waals surface area contributed by atoms with E-state index in [-0.39, 0.29) is 0 Å². The molecule has 0 aliphatic carbocycles. The maximum absolute atomic E-state index is 4.84. The van der Waals surface area contributed by atoms with Gasteiger partial charge in [-0.05, 0) is 32.4 Å². The highest BCUT2D eigenvalue weighted by molar-refractivity contribution is 5.30. The van der Waals surface area contributed by atoms with E-state index in [0.717, 1.165) is 17.0 Å². The molecule has 1 aromatic heterocycles. The number of pyridine rings is 1. The second-order valence-electron chi connectivity index (χ2n) is 2.99. The normalized spacial score (nSPS) is 10.3. The maximum Gasteiger partial charge on any atom is 0.0738 e. The fraction of sp³-hybridized carbons (Fsp3) is 0.400. The van der Waals surface area contributed by atoms with E-state index >= 15 is 0 Å². The summed E-state index contributed by atoms with van der Waals surface area (Å²) in [7, 11) is 3.36. The monoisotopic (exact) mass is 164 g/mol. The van der Waals surface area contributed by atoms with E-state index in [1.54, 1.807) is 0 Å². The minimum absolute atomic E-state index is 0.547. The minimum Gasteiger partial charge on any atom is -0.374 e. The molecule has 1 rings (SSSR count). The standard InChI is InChI=1S/C10H14NO/c1-7-5-8(2)11-9(3)10(7)6-12-4/h5H,4,6H2,1-3H3. The zero-order valence-electron chi connectivity index (χ0n) is 7.85. The first-order chi connectivity index (χ1) is 5.65. The number of rotatable bonds is 2. The Kier molecular flexibility index (Phi) is 2.82. The molecule has 0 aliphatic heterocycles.